The Balaban J connectivity index is 1.43. The summed E-state index contributed by atoms with van der Waals surface area (Å²) in [6, 6.07) is 16.1. The first-order chi connectivity index (χ1) is 15.6. The van der Waals surface area contributed by atoms with Gasteiger partial charge in [-0.25, -0.2) is 4.98 Å². The average Bonchev–Trinajstić information content (AvgIpc) is 3.43. The molecule has 0 aliphatic rings. The zero-order chi connectivity index (χ0) is 22.1. The Morgan fingerprint density at radius 2 is 1.88 bits per heavy atom. The number of amides is 2. The SMILES string of the molecule is NC(=O)[C@@H](Cc1csc2ccccc12)NC(=O)c1cccc2[nH]c(-c3ccncc3)nc12. The number of benzene rings is 2. The number of nitrogens with two attached hydrogens (primary N) is 1. The molecule has 8 heteroatoms. The molecule has 0 aliphatic heterocycles. The molecule has 1 atom stereocenters. The fourth-order valence-corrected chi connectivity index (χ4v) is 4.71. The second-order valence-corrected chi connectivity index (χ2v) is 8.32. The Morgan fingerprint density at radius 1 is 1.06 bits per heavy atom. The highest BCUT2D eigenvalue weighted by Gasteiger charge is 2.23. The van der Waals surface area contributed by atoms with Gasteiger partial charge in [-0.3, -0.25) is 14.6 Å². The van der Waals surface area contributed by atoms with Gasteiger partial charge >= 0.3 is 0 Å². The molecule has 0 fully saturated rings. The van der Waals surface area contributed by atoms with Crippen LogP contribution in [0.3, 0.4) is 0 Å². The monoisotopic (exact) mass is 441 g/mol. The van der Waals surface area contributed by atoms with Gasteiger partial charge in [0.1, 0.15) is 17.4 Å². The van der Waals surface area contributed by atoms with E-state index in [1.165, 1.54) is 0 Å². The standard InChI is InChI=1S/C24H19N5O2S/c25-22(30)19(12-15-13-32-20-7-2-1-4-16(15)20)28-24(31)17-5-3-6-18-21(17)29-23(27-18)14-8-10-26-11-9-14/h1-11,13,19H,12H2,(H2,25,30)(H,27,29)(H,28,31)/t19-/m1/s1. The van der Waals surface area contributed by atoms with Crippen LogP contribution in [0.15, 0.2) is 72.4 Å². The van der Waals surface area contributed by atoms with Crippen LogP contribution < -0.4 is 11.1 Å². The molecule has 4 N–H and O–H groups in total. The third-order valence-corrected chi connectivity index (χ3v) is 6.36. The van der Waals surface area contributed by atoms with Gasteiger partial charge in [0, 0.05) is 29.1 Å². The number of imidazole rings is 1. The number of fused-ring (bicyclic) bond motifs is 2. The molecule has 5 aromatic rings. The van der Waals surface area contributed by atoms with E-state index in [1.807, 2.05) is 47.8 Å². The zero-order valence-corrected chi connectivity index (χ0v) is 17.7. The molecule has 5 rings (SSSR count). The minimum atomic E-state index is -0.839. The molecule has 0 saturated heterocycles. The zero-order valence-electron chi connectivity index (χ0n) is 16.9. The number of nitrogens with one attached hydrogen (secondary N) is 2. The van der Waals surface area contributed by atoms with Crippen molar-refractivity contribution < 1.29 is 9.59 Å². The lowest BCUT2D eigenvalue weighted by Gasteiger charge is -2.15. The van der Waals surface area contributed by atoms with Gasteiger partial charge in [0.05, 0.1) is 11.1 Å². The van der Waals surface area contributed by atoms with Gasteiger partial charge in [-0.2, -0.15) is 0 Å². The van der Waals surface area contributed by atoms with Crippen LogP contribution >= 0.6 is 11.3 Å². The van der Waals surface area contributed by atoms with Gasteiger partial charge in [0.2, 0.25) is 5.91 Å². The largest absolute Gasteiger partial charge is 0.368 e. The van der Waals surface area contributed by atoms with Crippen molar-refractivity contribution in [1.82, 2.24) is 20.3 Å². The van der Waals surface area contributed by atoms with E-state index in [0.29, 0.717) is 23.3 Å². The third kappa shape index (κ3) is 3.72. The number of para-hydroxylation sites is 1. The summed E-state index contributed by atoms with van der Waals surface area (Å²) < 4.78 is 1.13. The van der Waals surface area contributed by atoms with Crippen molar-refractivity contribution in [2.24, 2.45) is 5.73 Å². The normalized spacial score (nSPS) is 12.1. The number of carbonyl (C=O) groups excluding carboxylic acids is 2. The van der Waals surface area contributed by atoms with Crippen molar-refractivity contribution in [1.29, 1.82) is 0 Å². The van der Waals surface area contributed by atoms with Crippen LogP contribution in [0, 0.1) is 0 Å². The van der Waals surface area contributed by atoms with Crippen molar-refractivity contribution in [3.63, 3.8) is 0 Å². The van der Waals surface area contributed by atoms with E-state index >= 15 is 0 Å². The number of aromatic amines is 1. The number of primary amides is 1. The summed E-state index contributed by atoms with van der Waals surface area (Å²) in [4.78, 5) is 37.2. The van der Waals surface area contributed by atoms with Crippen LogP contribution in [0.4, 0.5) is 0 Å². The summed E-state index contributed by atoms with van der Waals surface area (Å²) in [5.41, 5.74) is 9.11. The van der Waals surface area contributed by atoms with Crippen molar-refractivity contribution in [3.05, 3.63) is 83.5 Å². The van der Waals surface area contributed by atoms with Gasteiger partial charge in [0.15, 0.2) is 0 Å². The van der Waals surface area contributed by atoms with Gasteiger partial charge < -0.3 is 16.0 Å². The Hall–Kier alpha value is -4.04. The predicted octanol–water partition coefficient (Wildman–Crippen LogP) is 3.67. The fourth-order valence-electron chi connectivity index (χ4n) is 3.73. The van der Waals surface area contributed by atoms with Crippen molar-refractivity contribution in [2.45, 2.75) is 12.5 Å². The maximum absolute atomic E-state index is 13.1. The van der Waals surface area contributed by atoms with Crippen LogP contribution in [0.2, 0.25) is 0 Å². The Labute approximate surface area is 187 Å². The van der Waals surface area contributed by atoms with Crippen LogP contribution in [0.5, 0.6) is 0 Å². The van der Waals surface area contributed by atoms with E-state index in [1.54, 1.807) is 35.9 Å². The minimum Gasteiger partial charge on any atom is -0.368 e. The minimum absolute atomic E-state index is 0.323. The third-order valence-electron chi connectivity index (χ3n) is 5.35. The van der Waals surface area contributed by atoms with E-state index in [0.717, 1.165) is 26.7 Å². The summed E-state index contributed by atoms with van der Waals surface area (Å²) in [6.07, 6.45) is 3.69. The summed E-state index contributed by atoms with van der Waals surface area (Å²) >= 11 is 1.60. The number of nitrogens with zero attached hydrogens (tertiary/aromatic N) is 2. The van der Waals surface area contributed by atoms with Gasteiger partial charge in [-0.1, -0.05) is 24.3 Å². The molecule has 0 unspecified atom stereocenters. The van der Waals surface area contributed by atoms with E-state index in [4.69, 9.17) is 5.73 Å². The van der Waals surface area contributed by atoms with Crippen LogP contribution in [-0.4, -0.2) is 32.8 Å². The summed E-state index contributed by atoms with van der Waals surface area (Å²) in [6.45, 7) is 0. The Kier molecular flexibility index (Phi) is 5.12. The van der Waals surface area contributed by atoms with Gasteiger partial charge in [-0.05, 0) is 46.7 Å². The number of rotatable bonds is 6. The molecular formula is C24H19N5O2S. The van der Waals surface area contributed by atoms with Crippen LogP contribution in [-0.2, 0) is 11.2 Å². The molecular weight excluding hydrogens is 422 g/mol. The van der Waals surface area contributed by atoms with Crippen molar-refractivity contribution in [2.75, 3.05) is 0 Å². The van der Waals surface area contributed by atoms with Gasteiger partial charge in [-0.15, -0.1) is 11.3 Å². The van der Waals surface area contributed by atoms with Crippen LogP contribution in [0.25, 0.3) is 32.5 Å². The molecule has 7 nitrogen and oxygen atoms in total. The molecule has 2 aromatic carbocycles. The smallest absolute Gasteiger partial charge is 0.254 e. The predicted molar refractivity (Wildman–Crippen MR) is 125 cm³/mol. The highest BCUT2D eigenvalue weighted by Crippen LogP contribution is 2.27. The number of hydrogen-bond donors (Lipinski definition) is 3. The van der Waals surface area contributed by atoms with E-state index < -0.39 is 17.9 Å². The number of hydrogen-bond acceptors (Lipinski definition) is 5. The number of carbonyl (C=O) groups is 2. The summed E-state index contributed by atoms with van der Waals surface area (Å²) in [7, 11) is 0. The molecule has 0 aliphatic carbocycles. The number of H-pyrrole nitrogens is 1. The molecule has 32 heavy (non-hydrogen) atoms. The number of aromatic nitrogens is 3. The van der Waals surface area contributed by atoms with Crippen molar-refractivity contribution in [3.8, 4) is 11.4 Å². The van der Waals surface area contributed by atoms with Crippen LogP contribution in [0.1, 0.15) is 15.9 Å². The van der Waals surface area contributed by atoms with E-state index in [9.17, 15) is 9.59 Å². The second-order valence-electron chi connectivity index (χ2n) is 7.41. The fraction of sp³-hybridized carbons (Fsp3) is 0.0833. The molecule has 158 valence electrons. The molecule has 0 radical (unpaired) electrons. The molecule has 3 heterocycles. The lowest BCUT2D eigenvalue weighted by molar-refractivity contribution is -0.119. The molecule has 0 spiro atoms. The summed E-state index contributed by atoms with van der Waals surface area (Å²) in [5, 5.41) is 5.87. The molecule has 3 aromatic heterocycles. The molecule has 2 amide bonds. The first kappa shape index (κ1) is 19.9. The first-order valence-electron chi connectivity index (χ1n) is 10.0. The molecule has 0 saturated carbocycles. The maximum atomic E-state index is 13.1. The number of pyridine rings is 1. The van der Waals surface area contributed by atoms with Gasteiger partial charge in [0.25, 0.3) is 5.91 Å². The van der Waals surface area contributed by atoms with Crippen molar-refractivity contribution >= 4 is 44.3 Å². The highest BCUT2D eigenvalue weighted by molar-refractivity contribution is 7.17. The summed E-state index contributed by atoms with van der Waals surface area (Å²) in [5.74, 6) is -0.342. The van der Waals surface area contributed by atoms with E-state index in [-0.39, 0.29) is 0 Å². The maximum Gasteiger partial charge on any atom is 0.254 e. The first-order valence-corrected chi connectivity index (χ1v) is 10.9. The van der Waals surface area contributed by atoms with E-state index in [2.05, 4.69) is 20.3 Å². The number of thiophene rings is 1. The molecule has 0 bridgehead atoms. The topological polar surface area (TPSA) is 114 Å². The highest BCUT2D eigenvalue weighted by atomic mass is 32.1. The Bertz CT molecular complexity index is 1440. The quantitative estimate of drug-likeness (QED) is 0.373. The average molecular weight is 442 g/mol. The second kappa shape index (κ2) is 8.24. The lowest BCUT2D eigenvalue weighted by Crippen LogP contribution is -2.45. The Morgan fingerprint density at radius 3 is 2.69 bits per heavy atom. The lowest BCUT2D eigenvalue weighted by atomic mass is 10.0.